The number of hydrogen-bond donors (Lipinski definition) is 0. The van der Waals surface area contributed by atoms with Gasteiger partial charge in [0.1, 0.15) is 0 Å². The Hall–Kier alpha value is -2.14. The van der Waals surface area contributed by atoms with Crippen molar-refractivity contribution in [3.05, 3.63) is 53.4 Å². The van der Waals surface area contributed by atoms with Gasteiger partial charge in [0.2, 0.25) is 0 Å². The van der Waals surface area contributed by atoms with Crippen molar-refractivity contribution in [2.45, 2.75) is 38.1 Å². The fraction of sp³-hybridized carbons (Fsp3) is 0.400. The van der Waals surface area contributed by atoms with E-state index in [0.717, 1.165) is 17.0 Å². The Morgan fingerprint density at radius 1 is 1.32 bits per heavy atom. The number of nitrogens with zero attached hydrogens (tertiary/aromatic N) is 3. The average Bonchev–Trinajstić information content (AvgIpc) is 3.34. The molecule has 0 bridgehead atoms. The Labute approximate surface area is 152 Å². The zero-order valence-electron chi connectivity index (χ0n) is 14.5. The first-order valence-electron chi connectivity index (χ1n) is 8.97. The molecular formula is C20H23N3OS. The maximum absolute atomic E-state index is 12.7. The van der Waals surface area contributed by atoms with Crippen molar-refractivity contribution in [3.8, 4) is 0 Å². The molecule has 0 spiro atoms. The van der Waals surface area contributed by atoms with Crippen LogP contribution in [0.15, 0.2) is 42.9 Å². The lowest BCUT2D eigenvalue weighted by Crippen LogP contribution is -2.28. The quantitative estimate of drug-likeness (QED) is 0.676. The van der Waals surface area contributed by atoms with Crippen LogP contribution in [0.1, 0.15) is 47.1 Å². The molecule has 1 aliphatic carbocycles. The smallest absolute Gasteiger partial charge is 0.263 e. The molecule has 1 saturated carbocycles. The predicted molar refractivity (Wildman–Crippen MR) is 102 cm³/mol. The molecule has 4 nitrogen and oxygen atoms in total. The normalized spacial score (nSPS) is 15.1. The summed E-state index contributed by atoms with van der Waals surface area (Å²) in [4.78, 5) is 19.6. The Morgan fingerprint density at radius 3 is 2.88 bits per heavy atom. The molecule has 3 heterocycles. The van der Waals surface area contributed by atoms with Crippen LogP contribution in [-0.2, 0) is 6.42 Å². The summed E-state index contributed by atoms with van der Waals surface area (Å²) < 4.78 is 3.57. The van der Waals surface area contributed by atoms with E-state index < -0.39 is 0 Å². The second-order valence-electron chi connectivity index (χ2n) is 6.87. The van der Waals surface area contributed by atoms with Crippen LogP contribution < -0.4 is 0 Å². The van der Waals surface area contributed by atoms with Crippen LogP contribution in [-0.4, -0.2) is 34.0 Å². The van der Waals surface area contributed by atoms with Crippen molar-refractivity contribution in [1.82, 2.24) is 14.5 Å². The van der Waals surface area contributed by atoms with E-state index in [1.54, 1.807) is 22.4 Å². The molecule has 1 fully saturated rings. The van der Waals surface area contributed by atoms with Crippen molar-refractivity contribution in [1.29, 1.82) is 0 Å². The summed E-state index contributed by atoms with van der Waals surface area (Å²) in [6.07, 6.45) is 12.2. The largest absolute Gasteiger partial charge is 0.349 e. The summed E-state index contributed by atoms with van der Waals surface area (Å²) in [5.74, 6) is 0.101. The van der Waals surface area contributed by atoms with Gasteiger partial charge < -0.3 is 9.47 Å². The minimum absolute atomic E-state index is 0.101. The lowest BCUT2D eigenvalue weighted by Gasteiger charge is -2.15. The van der Waals surface area contributed by atoms with Crippen molar-refractivity contribution in [2.75, 3.05) is 13.6 Å². The third-order valence-corrected chi connectivity index (χ3v) is 6.15. The number of thiophene rings is 1. The molecule has 0 saturated heterocycles. The topological polar surface area (TPSA) is 38.1 Å². The van der Waals surface area contributed by atoms with E-state index in [2.05, 4.69) is 21.9 Å². The van der Waals surface area contributed by atoms with Gasteiger partial charge in [-0.3, -0.25) is 9.78 Å². The third-order valence-electron chi connectivity index (χ3n) is 5.08. The van der Waals surface area contributed by atoms with Gasteiger partial charge in [0.25, 0.3) is 5.91 Å². The number of rotatable bonds is 5. The molecule has 4 rings (SSSR count). The first kappa shape index (κ1) is 16.3. The fourth-order valence-corrected chi connectivity index (χ4v) is 4.66. The summed E-state index contributed by atoms with van der Waals surface area (Å²) in [5, 5.41) is 1.19. The molecule has 1 amide bonds. The van der Waals surface area contributed by atoms with E-state index in [0.29, 0.717) is 12.6 Å². The van der Waals surface area contributed by atoms with Crippen molar-refractivity contribution >= 4 is 27.3 Å². The molecule has 0 atom stereocenters. The number of carbonyl (C=O) groups is 1. The monoisotopic (exact) mass is 353 g/mol. The molecule has 0 unspecified atom stereocenters. The highest BCUT2D eigenvalue weighted by Gasteiger charge is 2.19. The van der Waals surface area contributed by atoms with Crippen LogP contribution in [0.5, 0.6) is 0 Å². The van der Waals surface area contributed by atoms with Gasteiger partial charge in [0, 0.05) is 55.7 Å². The number of likely N-dealkylation sites (N-methyl/N-ethyl adjacent to an activating group) is 1. The van der Waals surface area contributed by atoms with Crippen molar-refractivity contribution in [2.24, 2.45) is 0 Å². The molecule has 3 aromatic rings. The van der Waals surface area contributed by atoms with Gasteiger partial charge in [-0.15, -0.1) is 11.3 Å². The SMILES string of the molecule is CN(CCc1ccccn1)C(=O)c1cc2cn(C3CCCC3)cc2s1. The Morgan fingerprint density at radius 2 is 2.16 bits per heavy atom. The van der Waals surface area contributed by atoms with E-state index >= 15 is 0 Å². The molecule has 3 aromatic heterocycles. The van der Waals surface area contributed by atoms with E-state index in [-0.39, 0.29) is 5.91 Å². The van der Waals surface area contributed by atoms with Crippen LogP contribution >= 0.6 is 11.3 Å². The molecule has 0 radical (unpaired) electrons. The molecule has 5 heteroatoms. The predicted octanol–water partition coefficient (Wildman–Crippen LogP) is 4.53. The highest BCUT2D eigenvalue weighted by molar-refractivity contribution is 7.20. The van der Waals surface area contributed by atoms with E-state index in [1.165, 1.54) is 35.8 Å². The summed E-state index contributed by atoms with van der Waals surface area (Å²) in [6.45, 7) is 0.681. The maximum atomic E-state index is 12.7. The number of fused-ring (bicyclic) bond motifs is 1. The van der Waals surface area contributed by atoms with Crippen LogP contribution in [0, 0.1) is 0 Å². The number of aromatic nitrogens is 2. The van der Waals surface area contributed by atoms with Gasteiger partial charge in [-0.25, -0.2) is 0 Å². The molecule has 130 valence electrons. The molecule has 0 aliphatic heterocycles. The van der Waals surface area contributed by atoms with Gasteiger partial charge in [-0.05, 0) is 31.0 Å². The zero-order chi connectivity index (χ0) is 17.2. The first-order valence-corrected chi connectivity index (χ1v) is 9.79. The number of pyridine rings is 1. The van der Waals surface area contributed by atoms with E-state index in [1.807, 2.05) is 31.3 Å². The summed E-state index contributed by atoms with van der Waals surface area (Å²) in [7, 11) is 1.87. The van der Waals surface area contributed by atoms with Crippen molar-refractivity contribution in [3.63, 3.8) is 0 Å². The van der Waals surface area contributed by atoms with Crippen LogP contribution in [0.25, 0.3) is 10.1 Å². The maximum Gasteiger partial charge on any atom is 0.263 e. The van der Waals surface area contributed by atoms with Gasteiger partial charge in [-0.1, -0.05) is 18.9 Å². The molecule has 0 aromatic carbocycles. The first-order chi connectivity index (χ1) is 12.2. The summed E-state index contributed by atoms with van der Waals surface area (Å²) in [6, 6.07) is 8.59. The highest BCUT2D eigenvalue weighted by Crippen LogP contribution is 2.34. The molecule has 25 heavy (non-hydrogen) atoms. The fourth-order valence-electron chi connectivity index (χ4n) is 3.59. The van der Waals surface area contributed by atoms with E-state index in [9.17, 15) is 4.79 Å². The minimum Gasteiger partial charge on any atom is -0.349 e. The number of hydrogen-bond acceptors (Lipinski definition) is 3. The zero-order valence-corrected chi connectivity index (χ0v) is 15.3. The Balaban J connectivity index is 1.43. The Bertz CT molecular complexity index is 830. The van der Waals surface area contributed by atoms with Gasteiger partial charge >= 0.3 is 0 Å². The average molecular weight is 353 g/mol. The standard InChI is InChI=1S/C20H23N3OS/c1-22(11-9-16-6-4-5-10-21-16)20(24)18-12-15-13-23(14-19(15)25-18)17-7-2-3-8-17/h4-6,10,12-14,17H,2-3,7-9,11H2,1H3. The molecule has 0 N–H and O–H groups in total. The summed E-state index contributed by atoms with van der Waals surface area (Å²) in [5.41, 5.74) is 1.02. The van der Waals surface area contributed by atoms with Crippen LogP contribution in [0.4, 0.5) is 0 Å². The second kappa shape index (κ2) is 7.00. The minimum atomic E-state index is 0.101. The second-order valence-corrected chi connectivity index (χ2v) is 7.96. The highest BCUT2D eigenvalue weighted by atomic mass is 32.1. The van der Waals surface area contributed by atoms with Gasteiger partial charge in [-0.2, -0.15) is 0 Å². The lowest BCUT2D eigenvalue weighted by atomic mass is 10.2. The Kier molecular flexibility index (Phi) is 4.57. The van der Waals surface area contributed by atoms with E-state index in [4.69, 9.17) is 0 Å². The van der Waals surface area contributed by atoms with Crippen LogP contribution in [0.2, 0.25) is 0 Å². The lowest BCUT2D eigenvalue weighted by molar-refractivity contribution is 0.0801. The molecular weight excluding hydrogens is 330 g/mol. The number of amides is 1. The van der Waals surface area contributed by atoms with Crippen molar-refractivity contribution < 1.29 is 4.79 Å². The van der Waals surface area contributed by atoms with Crippen LogP contribution in [0.3, 0.4) is 0 Å². The van der Waals surface area contributed by atoms with Gasteiger partial charge in [0.05, 0.1) is 9.58 Å². The third kappa shape index (κ3) is 3.47. The van der Waals surface area contributed by atoms with Gasteiger partial charge in [0.15, 0.2) is 0 Å². The molecule has 1 aliphatic rings. The number of carbonyl (C=O) groups excluding carboxylic acids is 1. The summed E-state index contributed by atoms with van der Waals surface area (Å²) >= 11 is 1.61.